The second-order valence-electron chi connectivity index (χ2n) is 5.66. The van der Waals surface area contributed by atoms with E-state index in [0.29, 0.717) is 13.1 Å². The van der Waals surface area contributed by atoms with Gasteiger partial charge in [-0.3, -0.25) is 9.59 Å². The predicted molar refractivity (Wildman–Crippen MR) is 87.2 cm³/mol. The maximum Gasteiger partial charge on any atom is 0.303 e. The highest BCUT2D eigenvalue weighted by Crippen LogP contribution is 2.20. The first-order valence-electron chi connectivity index (χ1n) is 7.71. The van der Waals surface area contributed by atoms with E-state index in [1.807, 2.05) is 18.2 Å². The Labute approximate surface area is 138 Å². The number of carbonyl (C=O) groups is 2. The van der Waals surface area contributed by atoms with Gasteiger partial charge >= 0.3 is 5.97 Å². The smallest absolute Gasteiger partial charge is 0.303 e. The lowest BCUT2D eigenvalue weighted by atomic mass is 10.3. The van der Waals surface area contributed by atoms with E-state index in [0.717, 1.165) is 30.2 Å². The lowest BCUT2D eigenvalue weighted by Crippen LogP contribution is -3.13. The summed E-state index contributed by atoms with van der Waals surface area (Å²) in [5.74, 6) is -0.530. The van der Waals surface area contributed by atoms with Crippen molar-refractivity contribution in [2.75, 3.05) is 32.8 Å². The monoisotopic (exact) mass is 334 g/mol. The highest BCUT2D eigenvalue weighted by molar-refractivity contribution is 7.18. The largest absolute Gasteiger partial charge is 0.456 e. The number of amides is 1. The van der Waals surface area contributed by atoms with Gasteiger partial charge in [0.15, 0.2) is 6.61 Å². The minimum Gasteiger partial charge on any atom is -0.456 e. The number of rotatable bonds is 4. The molecule has 0 saturated carbocycles. The van der Waals surface area contributed by atoms with Crippen LogP contribution in [0.15, 0.2) is 24.3 Å². The van der Waals surface area contributed by atoms with E-state index in [9.17, 15) is 9.59 Å². The molecule has 1 aliphatic heterocycles. The second kappa shape index (κ2) is 7.06. The van der Waals surface area contributed by atoms with Crippen LogP contribution < -0.4 is 4.90 Å². The van der Waals surface area contributed by atoms with Gasteiger partial charge in [-0.25, -0.2) is 4.98 Å². The molecule has 1 aromatic carbocycles. The van der Waals surface area contributed by atoms with Crippen LogP contribution in [0.2, 0.25) is 0 Å². The molecular weight excluding hydrogens is 314 g/mol. The van der Waals surface area contributed by atoms with Gasteiger partial charge in [-0.05, 0) is 12.1 Å². The van der Waals surface area contributed by atoms with Crippen molar-refractivity contribution in [3.8, 4) is 0 Å². The molecule has 1 fully saturated rings. The highest BCUT2D eigenvalue weighted by Gasteiger charge is 2.24. The Morgan fingerprint density at radius 2 is 2.04 bits per heavy atom. The number of para-hydroxylation sites is 1. The molecule has 6 nitrogen and oxygen atoms in total. The third-order valence-electron chi connectivity index (χ3n) is 3.96. The number of aromatic nitrogens is 1. The first kappa shape index (κ1) is 15.9. The zero-order valence-corrected chi connectivity index (χ0v) is 13.9. The lowest BCUT2D eigenvalue weighted by molar-refractivity contribution is -0.917. The molecule has 2 heterocycles. The van der Waals surface area contributed by atoms with Gasteiger partial charge < -0.3 is 14.5 Å². The number of piperazine rings is 1. The molecule has 23 heavy (non-hydrogen) atoms. The minimum atomic E-state index is -0.418. The molecule has 0 unspecified atom stereocenters. The SMILES string of the molecule is CC(=O)OCC(=O)N1CC[NH+](Cc2nc3ccccc3s2)CC1. The number of hydrogen-bond donors (Lipinski definition) is 1. The molecule has 2 aromatic rings. The van der Waals surface area contributed by atoms with E-state index in [1.165, 1.54) is 16.5 Å². The van der Waals surface area contributed by atoms with Crippen LogP contribution in [-0.4, -0.2) is 54.5 Å². The molecule has 1 N–H and O–H groups in total. The second-order valence-corrected chi connectivity index (χ2v) is 6.78. The molecule has 0 radical (unpaired) electrons. The molecular formula is C16H20N3O3S+. The Bertz CT molecular complexity index is 674. The van der Waals surface area contributed by atoms with Crippen LogP contribution in [0.1, 0.15) is 11.9 Å². The summed E-state index contributed by atoms with van der Waals surface area (Å²) in [6.07, 6.45) is 0. The van der Waals surface area contributed by atoms with E-state index in [1.54, 1.807) is 16.2 Å². The van der Waals surface area contributed by atoms with E-state index >= 15 is 0 Å². The maximum absolute atomic E-state index is 11.9. The van der Waals surface area contributed by atoms with Crippen molar-refractivity contribution in [2.45, 2.75) is 13.5 Å². The third-order valence-corrected chi connectivity index (χ3v) is 5.00. The molecule has 3 rings (SSSR count). The average Bonchev–Trinajstić information content (AvgIpc) is 2.95. The fourth-order valence-electron chi connectivity index (χ4n) is 2.71. The Morgan fingerprint density at radius 3 is 2.74 bits per heavy atom. The van der Waals surface area contributed by atoms with Gasteiger partial charge in [-0.2, -0.15) is 0 Å². The number of quaternary nitrogens is 1. The molecule has 0 aliphatic carbocycles. The number of thiazole rings is 1. The average molecular weight is 334 g/mol. The minimum absolute atomic E-state index is 0.112. The summed E-state index contributed by atoms with van der Waals surface area (Å²) < 4.78 is 5.99. The van der Waals surface area contributed by atoms with Crippen molar-refractivity contribution in [2.24, 2.45) is 0 Å². The number of esters is 1. The predicted octanol–water partition coefficient (Wildman–Crippen LogP) is 0.0865. The molecule has 7 heteroatoms. The number of nitrogens with one attached hydrogen (secondary N) is 1. The molecule has 0 bridgehead atoms. The standard InChI is InChI=1S/C16H19N3O3S/c1-12(20)22-11-16(21)19-8-6-18(7-9-19)10-15-17-13-4-2-3-5-14(13)23-15/h2-5H,6-11H2,1H3/p+1. The summed E-state index contributed by atoms with van der Waals surface area (Å²) in [6, 6.07) is 8.17. The first-order chi connectivity index (χ1) is 11.1. The Hall–Kier alpha value is -1.99. The van der Waals surface area contributed by atoms with Gasteiger partial charge in [0.1, 0.15) is 11.6 Å². The first-order valence-corrected chi connectivity index (χ1v) is 8.52. The van der Waals surface area contributed by atoms with Crippen molar-refractivity contribution in [1.82, 2.24) is 9.88 Å². The lowest BCUT2D eigenvalue weighted by Gasteiger charge is -2.31. The molecule has 1 aromatic heterocycles. The van der Waals surface area contributed by atoms with Crippen LogP contribution in [0.3, 0.4) is 0 Å². The topological polar surface area (TPSA) is 63.9 Å². The fraction of sp³-hybridized carbons (Fsp3) is 0.438. The van der Waals surface area contributed by atoms with E-state index in [-0.39, 0.29) is 12.5 Å². The van der Waals surface area contributed by atoms with E-state index in [4.69, 9.17) is 4.74 Å². The zero-order valence-electron chi connectivity index (χ0n) is 13.1. The van der Waals surface area contributed by atoms with E-state index < -0.39 is 5.97 Å². The van der Waals surface area contributed by atoms with Crippen molar-refractivity contribution in [1.29, 1.82) is 0 Å². The van der Waals surface area contributed by atoms with Crippen LogP contribution in [0.25, 0.3) is 10.2 Å². The number of hydrogen-bond acceptors (Lipinski definition) is 5. The van der Waals surface area contributed by atoms with Crippen LogP contribution in [-0.2, 0) is 20.9 Å². The van der Waals surface area contributed by atoms with Gasteiger partial charge in [0, 0.05) is 6.92 Å². The summed E-state index contributed by atoms with van der Waals surface area (Å²) in [6.45, 7) is 5.23. The number of carbonyl (C=O) groups excluding carboxylic acids is 2. The summed E-state index contributed by atoms with van der Waals surface area (Å²) in [4.78, 5) is 30.5. The molecule has 0 spiro atoms. The van der Waals surface area contributed by atoms with Crippen molar-refractivity contribution in [3.63, 3.8) is 0 Å². The van der Waals surface area contributed by atoms with Gasteiger partial charge in [0.2, 0.25) is 0 Å². The Kier molecular flexibility index (Phi) is 4.88. The number of fused-ring (bicyclic) bond motifs is 1. The maximum atomic E-state index is 11.9. The van der Waals surface area contributed by atoms with Crippen molar-refractivity contribution >= 4 is 33.4 Å². The fourth-order valence-corrected chi connectivity index (χ4v) is 3.75. The summed E-state index contributed by atoms with van der Waals surface area (Å²) in [5.41, 5.74) is 1.06. The Morgan fingerprint density at radius 1 is 1.30 bits per heavy atom. The van der Waals surface area contributed by atoms with E-state index in [2.05, 4.69) is 11.1 Å². The van der Waals surface area contributed by atoms with Gasteiger partial charge in [-0.1, -0.05) is 12.1 Å². The van der Waals surface area contributed by atoms with Crippen LogP contribution in [0.5, 0.6) is 0 Å². The van der Waals surface area contributed by atoms with Crippen LogP contribution >= 0.6 is 11.3 Å². The molecule has 122 valence electrons. The molecule has 1 aliphatic rings. The zero-order chi connectivity index (χ0) is 16.2. The number of benzene rings is 1. The van der Waals surface area contributed by atoms with Gasteiger partial charge in [-0.15, -0.1) is 11.3 Å². The third kappa shape index (κ3) is 4.05. The van der Waals surface area contributed by atoms with Crippen molar-refractivity contribution < 1.29 is 19.2 Å². The number of ether oxygens (including phenoxy) is 1. The molecule has 1 saturated heterocycles. The summed E-state index contributed by atoms with van der Waals surface area (Å²) >= 11 is 1.74. The summed E-state index contributed by atoms with van der Waals surface area (Å²) in [7, 11) is 0. The van der Waals surface area contributed by atoms with Crippen LogP contribution in [0, 0.1) is 0 Å². The summed E-state index contributed by atoms with van der Waals surface area (Å²) in [5, 5.41) is 1.14. The Balaban J connectivity index is 1.51. The molecule has 1 amide bonds. The van der Waals surface area contributed by atoms with Crippen LogP contribution in [0.4, 0.5) is 0 Å². The molecule has 0 atom stereocenters. The number of nitrogens with zero attached hydrogens (tertiary/aromatic N) is 2. The normalized spacial score (nSPS) is 15.8. The van der Waals surface area contributed by atoms with Crippen molar-refractivity contribution in [3.05, 3.63) is 29.3 Å². The highest BCUT2D eigenvalue weighted by atomic mass is 32.1. The quantitative estimate of drug-likeness (QED) is 0.805. The van der Waals surface area contributed by atoms with Gasteiger partial charge in [0.05, 0.1) is 36.4 Å². The van der Waals surface area contributed by atoms with Gasteiger partial charge in [0.25, 0.3) is 5.91 Å².